The van der Waals surface area contributed by atoms with Crippen molar-refractivity contribution in [3.63, 3.8) is 0 Å². The lowest BCUT2D eigenvalue weighted by atomic mass is 9.83. The summed E-state index contributed by atoms with van der Waals surface area (Å²) in [5.41, 5.74) is 5.13. The first-order chi connectivity index (χ1) is 19.0. The van der Waals surface area contributed by atoms with E-state index < -0.39 is 0 Å². The third-order valence-corrected chi connectivity index (χ3v) is 7.61. The molecule has 0 bridgehead atoms. The van der Waals surface area contributed by atoms with Crippen molar-refractivity contribution in [1.82, 2.24) is 19.7 Å². The molecular weight excluding hydrogens is 520 g/mol. The number of carbonyl (C=O) groups is 2. The normalized spacial score (nSPS) is 13.3. The van der Waals surface area contributed by atoms with Gasteiger partial charge in [0.05, 0.1) is 0 Å². The van der Waals surface area contributed by atoms with Crippen molar-refractivity contribution in [1.29, 1.82) is 0 Å². The molecule has 1 aromatic heterocycles. The fourth-order valence-electron chi connectivity index (χ4n) is 5.71. The largest absolute Gasteiger partial charge is 0.351 e. The van der Waals surface area contributed by atoms with Crippen LogP contribution in [0.2, 0.25) is 0 Å². The van der Waals surface area contributed by atoms with Crippen LogP contribution < -0.4 is 5.32 Å². The molecule has 1 aliphatic heterocycles. The molecule has 40 heavy (non-hydrogen) atoms. The van der Waals surface area contributed by atoms with Crippen molar-refractivity contribution in [3.8, 4) is 0 Å². The van der Waals surface area contributed by atoms with Gasteiger partial charge in [0.25, 0.3) is 5.91 Å². The second-order valence-corrected chi connectivity index (χ2v) is 10.6. The van der Waals surface area contributed by atoms with Gasteiger partial charge in [0.2, 0.25) is 5.91 Å². The van der Waals surface area contributed by atoms with Crippen molar-refractivity contribution in [3.05, 3.63) is 107 Å². The van der Waals surface area contributed by atoms with Gasteiger partial charge in [-0.25, -0.2) is 0 Å². The summed E-state index contributed by atoms with van der Waals surface area (Å²) in [4.78, 5) is 30.2. The quantitative estimate of drug-likeness (QED) is 0.246. The first-order valence-corrected chi connectivity index (χ1v) is 14.0. The number of benzene rings is 3. The Hall–Kier alpha value is -3.61. The summed E-state index contributed by atoms with van der Waals surface area (Å²) in [6.07, 6.45) is 2.31. The highest BCUT2D eigenvalue weighted by Crippen LogP contribution is 2.40. The Labute approximate surface area is 243 Å². The molecule has 3 aromatic carbocycles. The fraction of sp³-hybridized carbons (Fsp3) is 0.333. The van der Waals surface area contributed by atoms with Gasteiger partial charge in [-0.15, -0.1) is 12.4 Å². The Morgan fingerprint density at radius 3 is 2.12 bits per heavy atom. The number of aromatic nitrogens is 1. The van der Waals surface area contributed by atoms with Gasteiger partial charge >= 0.3 is 0 Å². The maximum Gasteiger partial charge on any atom is 0.268 e. The second kappa shape index (κ2) is 13.6. The lowest BCUT2D eigenvalue weighted by Gasteiger charge is -2.21. The third kappa shape index (κ3) is 6.40. The van der Waals surface area contributed by atoms with Crippen LogP contribution in [-0.2, 0) is 11.3 Å². The van der Waals surface area contributed by atoms with E-state index in [4.69, 9.17) is 0 Å². The van der Waals surface area contributed by atoms with Crippen molar-refractivity contribution in [2.24, 2.45) is 0 Å². The van der Waals surface area contributed by atoms with E-state index in [2.05, 4.69) is 95.6 Å². The van der Waals surface area contributed by atoms with Crippen LogP contribution in [0.4, 0.5) is 0 Å². The number of hydrogen-bond acceptors (Lipinski definition) is 3. The molecule has 7 heteroatoms. The molecule has 4 aromatic rings. The van der Waals surface area contributed by atoms with E-state index in [1.54, 1.807) is 0 Å². The van der Waals surface area contributed by atoms with Crippen molar-refractivity contribution in [2.75, 3.05) is 40.3 Å². The van der Waals surface area contributed by atoms with Crippen LogP contribution in [0.15, 0.2) is 84.9 Å². The summed E-state index contributed by atoms with van der Waals surface area (Å²) in [6.45, 7) is 3.56. The lowest BCUT2D eigenvalue weighted by molar-refractivity contribution is -0.127. The number of nitrogens with zero attached hydrogens (tertiary/aromatic N) is 3. The van der Waals surface area contributed by atoms with Crippen LogP contribution in [0.3, 0.4) is 0 Å². The number of likely N-dealkylation sites (tertiary alicyclic amines) is 1. The monoisotopic (exact) mass is 558 g/mol. The minimum absolute atomic E-state index is 0. The molecule has 2 heterocycles. The molecule has 0 atom stereocenters. The number of halogens is 1. The Kier molecular flexibility index (Phi) is 10.0. The number of carbonyl (C=O) groups excluding carboxylic acids is 2. The van der Waals surface area contributed by atoms with E-state index in [0.29, 0.717) is 31.7 Å². The molecule has 1 fully saturated rings. The number of likely N-dealkylation sites (N-methyl/N-ethyl adjacent to an activating group) is 1. The number of nitrogens with one attached hydrogen (secondary N) is 1. The second-order valence-electron chi connectivity index (χ2n) is 10.6. The minimum atomic E-state index is -0.0964. The highest BCUT2D eigenvalue weighted by molar-refractivity contribution is 6.03. The SMILES string of the molecule is CN(C)CCn1c(C(=O)NCCCN2CCCC2=O)c(C(c2ccccc2)c2ccccc2)c2ccccc21.Cl. The number of hydrogen-bond donors (Lipinski definition) is 1. The molecule has 1 N–H and O–H groups in total. The van der Waals surface area contributed by atoms with Gasteiger partial charge in [-0.3, -0.25) is 9.59 Å². The van der Waals surface area contributed by atoms with Crippen LogP contribution >= 0.6 is 12.4 Å². The van der Waals surface area contributed by atoms with Crippen LogP contribution in [-0.4, -0.2) is 66.5 Å². The zero-order valence-corrected chi connectivity index (χ0v) is 24.2. The number of para-hydroxylation sites is 1. The molecule has 1 aliphatic rings. The molecule has 5 rings (SSSR count). The number of rotatable bonds is 11. The molecule has 0 spiro atoms. The molecule has 0 unspecified atom stereocenters. The van der Waals surface area contributed by atoms with E-state index in [1.807, 2.05) is 23.1 Å². The van der Waals surface area contributed by atoms with E-state index in [-0.39, 0.29) is 30.1 Å². The first kappa shape index (κ1) is 29.4. The summed E-state index contributed by atoms with van der Waals surface area (Å²) in [5.74, 6) is 0.0615. The average molecular weight is 559 g/mol. The predicted molar refractivity (Wildman–Crippen MR) is 164 cm³/mol. The highest BCUT2D eigenvalue weighted by atomic mass is 35.5. The Bertz CT molecular complexity index is 1380. The first-order valence-electron chi connectivity index (χ1n) is 14.0. The summed E-state index contributed by atoms with van der Waals surface area (Å²) in [7, 11) is 4.12. The van der Waals surface area contributed by atoms with Gasteiger partial charge in [-0.1, -0.05) is 78.9 Å². The molecule has 0 radical (unpaired) electrons. The van der Waals surface area contributed by atoms with Crippen LogP contribution in [0.5, 0.6) is 0 Å². The van der Waals surface area contributed by atoms with Gasteiger partial charge in [-0.2, -0.15) is 0 Å². The predicted octanol–water partition coefficient (Wildman–Crippen LogP) is 5.55. The van der Waals surface area contributed by atoms with E-state index in [0.717, 1.165) is 53.5 Å². The summed E-state index contributed by atoms with van der Waals surface area (Å²) in [5, 5.41) is 4.31. The zero-order valence-electron chi connectivity index (χ0n) is 23.4. The minimum Gasteiger partial charge on any atom is -0.351 e. The molecule has 6 nitrogen and oxygen atoms in total. The smallest absolute Gasteiger partial charge is 0.268 e. The van der Waals surface area contributed by atoms with Crippen molar-refractivity contribution in [2.45, 2.75) is 31.7 Å². The van der Waals surface area contributed by atoms with Crippen LogP contribution in [0, 0.1) is 0 Å². The summed E-state index contributed by atoms with van der Waals surface area (Å²) < 4.78 is 2.20. The van der Waals surface area contributed by atoms with Crippen LogP contribution in [0.1, 0.15) is 52.4 Å². The molecule has 0 aliphatic carbocycles. The number of fused-ring (bicyclic) bond motifs is 1. The molecule has 2 amide bonds. The van der Waals surface area contributed by atoms with E-state index in [9.17, 15) is 9.59 Å². The molecule has 210 valence electrons. The van der Waals surface area contributed by atoms with Crippen molar-refractivity contribution < 1.29 is 9.59 Å². The fourth-order valence-corrected chi connectivity index (χ4v) is 5.71. The number of amides is 2. The zero-order chi connectivity index (χ0) is 27.2. The van der Waals surface area contributed by atoms with Gasteiger partial charge < -0.3 is 19.7 Å². The molecule has 1 saturated heterocycles. The summed E-state index contributed by atoms with van der Waals surface area (Å²) in [6, 6.07) is 29.3. The maximum absolute atomic E-state index is 14.1. The lowest BCUT2D eigenvalue weighted by Crippen LogP contribution is -2.32. The standard InChI is InChI=1S/C33H38N4O2.ClH/c1-35(2)23-24-37-28-18-10-9-17-27(28)31(30(25-13-5-3-6-14-25)26-15-7-4-8-16-26)32(37)33(39)34-20-12-22-36-21-11-19-29(36)38;/h3-10,13-18,30H,11-12,19-24H2,1-2H3,(H,34,39);1H. The van der Waals surface area contributed by atoms with Gasteiger partial charge in [0.1, 0.15) is 5.69 Å². The van der Waals surface area contributed by atoms with E-state index >= 15 is 0 Å². The Morgan fingerprint density at radius 2 is 1.52 bits per heavy atom. The molecule has 0 saturated carbocycles. The van der Waals surface area contributed by atoms with Gasteiger partial charge in [0, 0.05) is 61.5 Å². The topological polar surface area (TPSA) is 57.6 Å². The Morgan fingerprint density at radius 1 is 0.900 bits per heavy atom. The van der Waals surface area contributed by atoms with Gasteiger partial charge in [-0.05, 0) is 44.1 Å². The Balaban J connectivity index is 0.00000370. The molecular formula is C33H39ClN4O2. The summed E-state index contributed by atoms with van der Waals surface area (Å²) >= 11 is 0. The third-order valence-electron chi connectivity index (χ3n) is 7.61. The highest BCUT2D eigenvalue weighted by Gasteiger charge is 2.30. The van der Waals surface area contributed by atoms with E-state index in [1.165, 1.54) is 0 Å². The maximum atomic E-state index is 14.1. The average Bonchev–Trinajstić information content (AvgIpc) is 3.52. The van der Waals surface area contributed by atoms with Gasteiger partial charge in [0.15, 0.2) is 0 Å². The van der Waals surface area contributed by atoms with Crippen molar-refractivity contribution >= 4 is 35.1 Å². The van der Waals surface area contributed by atoms with Crippen LogP contribution in [0.25, 0.3) is 10.9 Å².